The summed E-state index contributed by atoms with van der Waals surface area (Å²) >= 11 is 0. The molecule has 1 aliphatic heterocycles. The topological polar surface area (TPSA) is 81.6 Å². The van der Waals surface area contributed by atoms with Crippen molar-refractivity contribution < 1.29 is 9.13 Å². The van der Waals surface area contributed by atoms with E-state index >= 15 is 0 Å². The molecule has 1 aliphatic rings. The minimum Gasteiger partial charge on any atom is -0.374 e. The van der Waals surface area contributed by atoms with E-state index in [1.165, 1.54) is 0 Å². The molecule has 1 fully saturated rings. The molecule has 4 aromatic heterocycles. The average Bonchev–Trinajstić information content (AvgIpc) is 3.27. The van der Waals surface area contributed by atoms with Crippen molar-refractivity contribution >= 4 is 17.2 Å². The number of imidazole rings is 1. The molecule has 0 bridgehead atoms. The van der Waals surface area contributed by atoms with Gasteiger partial charge in [-0.05, 0) is 12.5 Å². The Labute approximate surface area is 154 Å². The third-order valence-electron chi connectivity index (χ3n) is 4.82. The zero-order valence-electron chi connectivity index (χ0n) is 14.8. The zero-order valence-corrected chi connectivity index (χ0v) is 14.8. The van der Waals surface area contributed by atoms with Gasteiger partial charge in [-0.1, -0.05) is 6.92 Å². The minimum atomic E-state index is -1.33. The van der Waals surface area contributed by atoms with Crippen LogP contribution in [0.3, 0.4) is 0 Å². The third-order valence-corrected chi connectivity index (χ3v) is 4.82. The van der Waals surface area contributed by atoms with Gasteiger partial charge in [-0.2, -0.15) is 0 Å². The summed E-state index contributed by atoms with van der Waals surface area (Å²) in [5.74, 6) is 1.06. The van der Waals surface area contributed by atoms with E-state index in [0.29, 0.717) is 11.7 Å². The van der Waals surface area contributed by atoms with Gasteiger partial charge in [-0.25, -0.2) is 23.9 Å². The van der Waals surface area contributed by atoms with Crippen molar-refractivity contribution in [1.29, 1.82) is 0 Å². The Bertz CT molecular complexity index is 1130. The normalized spacial score (nSPS) is 15.9. The first kappa shape index (κ1) is 16.1. The maximum absolute atomic E-state index is 14.0. The van der Waals surface area contributed by atoms with Gasteiger partial charge in [0, 0.05) is 35.4 Å². The lowest BCUT2D eigenvalue weighted by molar-refractivity contribution is -0.121. The fraction of sp³-hybridized carbons (Fsp3) is 0.333. The van der Waals surface area contributed by atoms with Gasteiger partial charge < -0.3 is 10.1 Å². The lowest BCUT2D eigenvalue weighted by Gasteiger charge is -2.33. The molecule has 8 nitrogen and oxygen atoms in total. The lowest BCUT2D eigenvalue weighted by Crippen LogP contribution is -2.50. The largest absolute Gasteiger partial charge is 0.374 e. The quantitative estimate of drug-likeness (QED) is 0.582. The van der Waals surface area contributed by atoms with Crippen LogP contribution in [0.1, 0.15) is 12.6 Å². The van der Waals surface area contributed by atoms with Crippen LogP contribution in [0.2, 0.25) is 0 Å². The van der Waals surface area contributed by atoms with E-state index in [1.807, 2.05) is 29.1 Å². The van der Waals surface area contributed by atoms with Crippen LogP contribution >= 0.6 is 0 Å². The Hall–Kier alpha value is -3.07. The van der Waals surface area contributed by atoms with E-state index in [-0.39, 0.29) is 19.8 Å². The Kier molecular flexibility index (Phi) is 3.57. The number of nitrogens with one attached hydrogen (secondary N) is 1. The fourth-order valence-corrected chi connectivity index (χ4v) is 3.21. The number of alkyl halides is 1. The number of fused-ring (bicyclic) bond motifs is 2. The van der Waals surface area contributed by atoms with Gasteiger partial charge in [0.15, 0.2) is 5.67 Å². The molecule has 0 saturated carbocycles. The molecule has 0 amide bonds. The Balaban J connectivity index is 1.47. The molecule has 27 heavy (non-hydrogen) atoms. The molecule has 4 aromatic rings. The van der Waals surface area contributed by atoms with E-state index in [0.717, 1.165) is 28.8 Å². The van der Waals surface area contributed by atoms with Crippen molar-refractivity contribution in [3.63, 3.8) is 0 Å². The molecular formula is C18H18FN7O. The van der Waals surface area contributed by atoms with Crippen LogP contribution in [-0.4, -0.2) is 54.4 Å². The van der Waals surface area contributed by atoms with Crippen LogP contribution in [-0.2, 0) is 11.2 Å². The van der Waals surface area contributed by atoms with E-state index in [2.05, 4.69) is 32.3 Å². The van der Waals surface area contributed by atoms with Crippen molar-refractivity contribution in [2.45, 2.75) is 19.0 Å². The Morgan fingerprint density at radius 2 is 2.07 bits per heavy atom. The summed E-state index contributed by atoms with van der Waals surface area (Å²) in [4.78, 5) is 13.1. The van der Waals surface area contributed by atoms with E-state index < -0.39 is 5.67 Å². The second-order valence-electron chi connectivity index (χ2n) is 6.75. The highest BCUT2D eigenvalue weighted by Crippen LogP contribution is 2.26. The summed E-state index contributed by atoms with van der Waals surface area (Å²) in [6, 6.07) is 1.97. The van der Waals surface area contributed by atoms with Crippen molar-refractivity contribution in [3.05, 3.63) is 42.7 Å². The number of hydrogen-bond acceptors (Lipinski definition) is 6. The van der Waals surface area contributed by atoms with Crippen molar-refractivity contribution in [2.24, 2.45) is 0 Å². The first-order valence-corrected chi connectivity index (χ1v) is 8.82. The fourth-order valence-electron chi connectivity index (χ4n) is 3.21. The van der Waals surface area contributed by atoms with Crippen LogP contribution in [0.5, 0.6) is 0 Å². The second-order valence-corrected chi connectivity index (χ2v) is 6.75. The second kappa shape index (κ2) is 5.98. The molecule has 0 unspecified atom stereocenters. The molecular weight excluding hydrogens is 349 g/mol. The first-order valence-electron chi connectivity index (χ1n) is 8.82. The number of nitrogens with zero attached hydrogens (tertiary/aromatic N) is 6. The van der Waals surface area contributed by atoms with Crippen LogP contribution in [0.15, 0.2) is 37.1 Å². The van der Waals surface area contributed by atoms with Gasteiger partial charge in [0.2, 0.25) is 11.7 Å². The molecule has 0 aliphatic carbocycles. The van der Waals surface area contributed by atoms with E-state index in [1.54, 1.807) is 16.9 Å². The summed E-state index contributed by atoms with van der Waals surface area (Å²) in [5, 5.41) is 7.36. The molecule has 9 heteroatoms. The highest BCUT2D eigenvalue weighted by Gasteiger charge is 2.38. The van der Waals surface area contributed by atoms with E-state index in [9.17, 15) is 4.39 Å². The highest BCUT2D eigenvalue weighted by molar-refractivity contribution is 5.79. The van der Waals surface area contributed by atoms with Gasteiger partial charge in [0.05, 0.1) is 37.7 Å². The Morgan fingerprint density at radius 3 is 2.85 bits per heavy atom. The molecule has 0 radical (unpaired) electrons. The van der Waals surface area contributed by atoms with Crippen molar-refractivity contribution in [3.8, 4) is 11.1 Å². The van der Waals surface area contributed by atoms with Crippen LogP contribution in [0.4, 0.5) is 10.3 Å². The van der Waals surface area contributed by atoms with Crippen LogP contribution in [0, 0.1) is 0 Å². The summed E-state index contributed by atoms with van der Waals surface area (Å²) in [5.41, 5.74) is 2.55. The van der Waals surface area contributed by atoms with Gasteiger partial charge >= 0.3 is 0 Å². The monoisotopic (exact) mass is 367 g/mol. The number of halogens is 1. The first-order chi connectivity index (χ1) is 13.1. The average molecular weight is 367 g/mol. The van der Waals surface area contributed by atoms with Crippen LogP contribution in [0.25, 0.3) is 22.4 Å². The molecule has 0 atom stereocenters. The Morgan fingerprint density at radius 1 is 1.22 bits per heavy atom. The summed E-state index contributed by atoms with van der Waals surface area (Å²) in [6.45, 7) is 2.44. The van der Waals surface area contributed by atoms with Crippen LogP contribution < -0.4 is 5.32 Å². The molecule has 0 aromatic carbocycles. The molecule has 0 spiro atoms. The number of anilines is 1. The van der Waals surface area contributed by atoms with Gasteiger partial charge in [-0.15, -0.1) is 5.10 Å². The number of aryl methyl sites for hydroxylation is 1. The predicted molar refractivity (Wildman–Crippen MR) is 97.5 cm³/mol. The molecule has 5 heterocycles. The molecule has 138 valence electrons. The standard InChI is InChI=1S/C18H18FN7O/c1-2-13-6-22-17-21-5-12(8-25(13)17)14-3-4-26-15(14)7-20-16(24-26)23-9-18(19)10-27-11-18/h3-8H,2,9-11H2,1H3,(H,23,24). The number of hydrogen-bond donors (Lipinski definition) is 1. The summed E-state index contributed by atoms with van der Waals surface area (Å²) in [6.07, 6.45) is 10.1. The van der Waals surface area contributed by atoms with Crippen molar-refractivity contribution in [2.75, 3.05) is 25.1 Å². The molecule has 1 N–H and O–H groups in total. The SMILES string of the molecule is CCc1cnc2ncc(-c3ccn4nc(NCC5(F)COC5)ncc34)cn12. The molecule has 5 rings (SSSR count). The maximum atomic E-state index is 14.0. The van der Waals surface area contributed by atoms with Gasteiger partial charge in [0.25, 0.3) is 0 Å². The number of ether oxygens (including phenoxy) is 1. The minimum absolute atomic E-state index is 0.111. The summed E-state index contributed by atoms with van der Waals surface area (Å²) in [7, 11) is 0. The lowest BCUT2D eigenvalue weighted by atomic mass is 10.1. The number of aromatic nitrogens is 6. The molecule has 1 saturated heterocycles. The van der Waals surface area contributed by atoms with Gasteiger partial charge in [-0.3, -0.25) is 4.40 Å². The maximum Gasteiger partial charge on any atom is 0.241 e. The summed E-state index contributed by atoms with van der Waals surface area (Å²) < 4.78 is 22.7. The van der Waals surface area contributed by atoms with E-state index in [4.69, 9.17) is 4.74 Å². The zero-order chi connectivity index (χ0) is 18.4. The van der Waals surface area contributed by atoms with Crippen molar-refractivity contribution in [1.82, 2.24) is 29.0 Å². The highest BCUT2D eigenvalue weighted by atomic mass is 19.1. The van der Waals surface area contributed by atoms with Gasteiger partial charge in [0.1, 0.15) is 0 Å². The third kappa shape index (κ3) is 2.71. The predicted octanol–water partition coefficient (Wildman–Crippen LogP) is 2.15. The smallest absolute Gasteiger partial charge is 0.241 e. The number of rotatable bonds is 5.